The molecule has 0 spiro atoms. The summed E-state index contributed by atoms with van der Waals surface area (Å²) >= 11 is 0. The second-order valence-electron chi connectivity index (χ2n) is 5.91. The molecule has 0 bridgehead atoms. The summed E-state index contributed by atoms with van der Waals surface area (Å²) in [5.74, 6) is 0. The highest BCUT2D eigenvalue weighted by Crippen LogP contribution is 2.32. The van der Waals surface area contributed by atoms with Crippen molar-refractivity contribution in [1.82, 2.24) is 10.3 Å². The summed E-state index contributed by atoms with van der Waals surface area (Å²) in [5.41, 5.74) is 6.67. The summed E-state index contributed by atoms with van der Waals surface area (Å²) in [5, 5.41) is 6.31. The normalized spacial score (nSPS) is 11.0. The SMILES string of the molecule is CCCNCCc1cccc2[nH]c3c(C)ccc(C)c3c12.Cl. The lowest BCUT2D eigenvalue weighted by molar-refractivity contribution is 0.673. The molecule has 0 aliphatic heterocycles. The number of aromatic amines is 1. The summed E-state index contributed by atoms with van der Waals surface area (Å²) in [6.07, 6.45) is 2.27. The molecule has 2 nitrogen and oxygen atoms in total. The summed E-state index contributed by atoms with van der Waals surface area (Å²) in [7, 11) is 0. The van der Waals surface area contributed by atoms with Gasteiger partial charge in [0.1, 0.15) is 0 Å². The van der Waals surface area contributed by atoms with E-state index in [-0.39, 0.29) is 12.4 Å². The zero-order chi connectivity index (χ0) is 14.8. The Morgan fingerprint density at radius 1 is 0.955 bits per heavy atom. The Balaban J connectivity index is 0.00000176. The topological polar surface area (TPSA) is 27.8 Å². The number of aromatic nitrogens is 1. The molecule has 1 heterocycles. The van der Waals surface area contributed by atoms with Gasteiger partial charge in [0.15, 0.2) is 0 Å². The van der Waals surface area contributed by atoms with Crippen LogP contribution in [0.1, 0.15) is 30.0 Å². The zero-order valence-corrected chi connectivity index (χ0v) is 14.4. The summed E-state index contributed by atoms with van der Waals surface area (Å²) < 4.78 is 0. The molecule has 2 N–H and O–H groups in total. The predicted molar refractivity (Wildman–Crippen MR) is 99.4 cm³/mol. The van der Waals surface area contributed by atoms with Crippen LogP contribution in [-0.2, 0) is 6.42 Å². The van der Waals surface area contributed by atoms with Crippen molar-refractivity contribution in [3.8, 4) is 0 Å². The van der Waals surface area contributed by atoms with Crippen LogP contribution in [0.4, 0.5) is 0 Å². The van der Waals surface area contributed by atoms with Crippen LogP contribution in [0.25, 0.3) is 21.8 Å². The molecule has 0 saturated carbocycles. The average Bonchev–Trinajstić information content (AvgIpc) is 2.89. The first-order valence-electron chi connectivity index (χ1n) is 7.92. The second-order valence-corrected chi connectivity index (χ2v) is 5.91. The number of aryl methyl sites for hydroxylation is 2. The molecule has 0 fully saturated rings. The van der Waals surface area contributed by atoms with Crippen LogP contribution < -0.4 is 5.32 Å². The Labute approximate surface area is 138 Å². The number of nitrogens with one attached hydrogen (secondary N) is 2. The van der Waals surface area contributed by atoms with Gasteiger partial charge in [-0.05, 0) is 62.5 Å². The first kappa shape index (κ1) is 16.9. The van der Waals surface area contributed by atoms with Gasteiger partial charge in [0.2, 0.25) is 0 Å². The second kappa shape index (κ2) is 7.17. The third-order valence-corrected chi connectivity index (χ3v) is 4.28. The van der Waals surface area contributed by atoms with E-state index in [1.807, 2.05) is 0 Å². The van der Waals surface area contributed by atoms with E-state index >= 15 is 0 Å². The van der Waals surface area contributed by atoms with E-state index in [0.717, 1.165) is 19.5 Å². The van der Waals surface area contributed by atoms with Gasteiger partial charge in [0, 0.05) is 21.8 Å². The largest absolute Gasteiger partial charge is 0.354 e. The number of rotatable bonds is 5. The Morgan fingerprint density at radius 2 is 1.73 bits per heavy atom. The van der Waals surface area contributed by atoms with Gasteiger partial charge < -0.3 is 10.3 Å². The Kier molecular flexibility index (Phi) is 5.49. The van der Waals surface area contributed by atoms with Crippen LogP contribution >= 0.6 is 12.4 Å². The molecule has 3 aromatic rings. The molecule has 0 atom stereocenters. The summed E-state index contributed by atoms with van der Waals surface area (Å²) in [6, 6.07) is 11.1. The van der Waals surface area contributed by atoms with Crippen LogP contribution in [0.2, 0.25) is 0 Å². The van der Waals surface area contributed by atoms with E-state index in [1.165, 1.54) is 44.9 Å². The molecule has 0 unspecified atom stereocenters. The summed E-state index contributed by atoms with van der Waals surface area (Å²) in [4.78, 5) is 3.61. The van der Waals surface area contributed by atoms with E-state index in [1.54, 1.807) is 0 Å². The fourth-order valence-corrected chi connectivity index (χ4v) is 3.16. The Morgan fingerprint density at radius 3 is 2.50 bits per heavy atom. The van der Waals surface area contributed by atoms with Gasteiger partial charge in [-0.2, -0.15) is 0 Å². The molecule has 118 valence electrons. The monoisotopic (exact) mass is 316 g/mol. The van der Waals surface area contributed by atoms with Gasteiger partial charge in [0.05, 0.1) is 0 Å². The lowest BCUT2D eigenvalue weighted by Crippen LogP contribution is -2.17. The lowest BCUT2D eigenvalue weighted by atomic mass is 9.99. The smallest absolute Gasteiger partial charge is 0.0497 e. The van der Waals surface area contributed by atoms with Gasteiger partial charge >= 0.3 is 0 Å². The molecule has 3 heteroatoms. The third kappa shape index (κ3) is 2.99. The van der Waals surface area contributed by atoms with Crippen molar-refractivity contribution in [2.45, 2.75) is 33.6 Å². The van der Waals surface area contributed by atoms with Crippen LogP contribution in [0.15, 0.2) is 30.3 Å². The minimum absolute atomic E-state index is 0. The highest BCUT2D eigenvalue weighted by atomic mass is 35.5. The van der Waals surface area contributed by atoms with E-state index in [9.17, 15) is 0 Å². The molecule has 0 aliphatic carbocycles. The molecule has 2 aromatic carbocycles. The summed E-state index contributed by atoms with van der Waals surface area (Å²) in [6.45, 7) is 8.74. The van der Waals surface area contributed by atoms with Crippen LogP contribution in [0.3, 0.4) is 0 Å². The maximum atomic E-state index is 3.61. The zero-order valence-electron chi connectivity index (χ0n) is 13.6. The minimum Gasteiger partial charge on any atom is -0.354 e. The van der Waals surface area contributed by atoms with E-state index in [2.05, 4.69) is 61.4 Å². The van der Waals surface area contributed by atoms with Crippen LogP contribution in [0.5, 0.6) is 0 Å². The van der Waals surface area contributed by atoms with Crippen molar-refractivity contribution in [3.63, 3.8) is 0 Å². The number of benzene rings is 2. The first-order chi connectivity index (χ1) is 10.2. The van der Waals surface area contributed by atoms with Gasteiger partial charge in [-0.3, -0.25) is 0 Å². The molecule has 0 aliphatic rings. The molecule has 3 rings (SSSR count). The quantitative estimate of drug-likeness (QED) is 0.644. The fourth-order valence-electron chi connectivity index (χ4n) is 3.16. The molecule has 22 heavy (non-hydrogen) atoms. The van der Waals surface area contributed by atoms with Crippen molar-refractivity contribution in [2.75, 3.05) is 13.1 Å². The van der Waals surface area contributed by atoms with Crippen molar-refractivity contribution in [1.29, 1.82) is 0 Å². The van der Waals surface area contributed by atoms with Crippen molar-refractivity contribution in [3.05, 3.63) is 47.0 Å². The number of hydrogen-bond donors (Lipinski definition) is 2. The highest BCUT2D eigenvalue weighted by Gasteiger charge is 2.11. The lowest BCUT2D eigenvalue weighted by Gasteiger charge is -2.07. The predicted octanol–water partition coefficient (Wildman–Crippen LogP) is 4.90. The van der Waals surface area contributed by atoms with Gasteiger partial charge in [-0.25, -0.2) is 0 Å². The van der Waals surface area contributed by atoms with Gasteiger partial charge in [-0.15, -0.1) is 12.4 Å². The minimum atomic E-state index is 0. The Hall–Kier alpha value is -1.51. The number of H-pyrrole nitrogens is 1. The van der Waals surface area contributed by atoms with E-state index < -0.39 is 0 Å². The van der Waals surface area contributed by atoms with Crippen LogP contribution in [0, 0.1) is 13.8 Å². The molecule has 1 aromatic heterocycles. The molecule has 0 amide bonds. The maximum absolute atomic E-state index is 3.61. The maximum Gasteiger partial charge on any atom is 0.0497 e. The van der Waals surface area contributed by atoms with Crippen LogP contribution in [-0.4, -0.2) is 18.1 Å². The first-order valence-corrected chi connectivity index (χ1v) is 7.92. The molecular weight excluding hydrogens is 292 g/mol. The van der Waals surface area contributed by atoms with E-state index in [0.29, 0.717) is 0 Å². The molecular formula is C19H25ClN2. The standard InChI is InChI=1S/C19H24N2.ClH/c1-4-11-20-12-10-15-6-5-7-16-18(15)17-13(2)8-9-14(3)19(17)21-16;/h5-9,20-21H,4,10-12H2,1-3H3;1H. The number of hydrogen-bond acceptors (Lipinski definition) is 1. The molecule has 0 saturated heterocycles. The number of halogens is 1. The van der Waals surface area contributed by atoms with Crippen molar-refractivity contribution < 1.29 is 0 Å². The Bertz CT molecular complexity index is 774. The average molecular weight is 317 g/mol. The molecule has 0 radical (unpaired) electrons. The van der Waals surface area contributed by atoms with Gasteiger partial charge in [-0.1, -0.05) is 31.2 Å². The van der Waals surface area contributed by atoms with Crippen molar-refractivity contribution in [2.24, 2.45) is 0 Å². The highest BCUT2D eigenvalue weighted by molar-refractivity contribution is 6.11. The number of fused-ring (bicyclic) bond motifs is 3. The van der Waals surface area contributed by atoms with Gasteiger partial charge in [0.25, 0.3) is 0 Å². The van der Waals surface area contributed by atoms with Crippen molar-refractivity contribution >= 4 is 34.2 Å². The fraction of sp³-hybridized carbons (Fsp3) is 0.368. The third-order valence-electron chi connectivity index (χ3n) is 4.28. The van der Waals surface area contributed by atoms with E-state index in [4.69, 9.17) is 0 Å².